The Morgan fingerprint density at radius 1 is 1.05 bits per heavy atom. The Kier molecular flexibility index (Phi) is 5.03. The summed E-state index contributed by atoms with van der Waals surface area (Å²) in [5.41, 5.74) is 7.91. The van der Waals surface area contributed by atoms with Crippen molar-refractivity contribution in [2.45, 2.75) is 6.54 Å². The number of carbonyl (C=O) groups excluding carboxylic acids is 1. The maximum Gasteiger partial charge on any atom is 0.253 e. The second-order valence-electron chi connectivity index (χ2n) is 4.04. The van der Waals surface area contributed by atoms with Gasteiger partial charge in [0.05, 0.1) is 5.56 Å². The summed E-state index contributed by atoms with van der Waals surface area (Å²) in [6.07, 6.45) is 0. The molecule has 0 fully saturated rings. The molecule has 0 aliphatic rings. The molecule has 0 aliphatic heterocycles. The van der Waals surface area contributed by atoms with Crippen molar-refractivity contribution in [2.75, 3.05) is 5.73 Å². The van der Waals surface area contributed by atoms with E-state index in [0.29, 0.717) is 17.8 Å². The molecule has 0 atom stereocenters. The molecule has 0 saturated heterocycles. The maximum atomic E-state index is 12.1. The predicted octanol–water partition coefficient (Wildman–Crippen LogP) is 3.41. The van der Waals surface area contributed by atoms with Crippen molar-refractivity contribution in [3.8, 4) is 0 Å². The molecule has 3 nitrogen and oxygen atoms in total. The Morgan fingerprint density at radius 3 is 2.37 bits per heavy atom. The summed E-state index contributed by atoms with van der Waals surface area (Å²) < 4.78 is 2.17. The molecular weight excluding hydrogens is 466 g/mol. The predicted molar refractivity (Wildman–Crippen MR) is 93.9 cm³/mol. The first-order chi connectivity index (χ1) is 9.06. The summed E-state index contributed by atoms with van der Waals surface area (Å²) in [5.74, 6) is -0.144. The Balaban J connectivity index is 2.05. The van der Waals surface area contributed by atoms with Crippen molar-refractivity contribution in [2.24, 2.45) is 0 Å². The van der Waals surface area contributed by atoms with Gasteiger partial charge in [-0.15, -0.1) is 0 Å². The SMILES string of the molecule is Nc1ccc(I)cc1C(=O)NCc1ccc(I)cc1. The van der Waals surface area contributed by atoms with Gasteiger partial charge in [-0.3, -0.25) is 4.79 Å². The van der Waals surface area contributed by atoms with Crippen LogP contribution in [-0.4, -0.2) is 5.91 Å². The van der Waals surface area contributed by atoms with E-state index < -0.39 is 0 Å². The van der Waals surface area contributed by atoms with Crippen LogP contribution in [0.4, 0.5) is 5.69 Å². The van der Waals surface area contributed by atoms with E-state index >= 15 is 0 Å². The lowest BCUT2D eigenvalue weighted by molar-refractivity contribution is 0.0951. The average molecular weight is 478 g/mol. The van der Waals surface area contributed by atoms with Crippen LogP contribution in [0.5, 0.6) is 0 Å². The minimum atomic E-state index is -0.144. The van der Waals surface area contributed by atoms with E-state index in [4.69, 9.17) is 5.73 Å². The molecule has 2 aromatic carbocycles. The number of halogens is 2. The van der Waals surface area contributed by atoms with Crippen LogP contribution < -0.4 is 11.1 Å². The van der Waals surface area contributed by atoms with E-state index in [1.807, 2.05) is 30.3 Å². The van der Waals surface area contributed by atoms with Gasteiger partial charge in [-0.05, 0) is 81.1 Å². The number of nitrogens with one attached hydrogen (secondary N) is 1. The number of carbonyl (C=O) groups is 1. The van der Waals surface area contributed by atoms with Crippen LogP contribution in [0.3, 0.4) is 0 Å². The molecule has 19 heavy (non-hydrogen) atoms. The minimum Gasteiger partial charge on any atom is -0.398 e. The summed E-state index contributed by atoms with van der Waals surface area (Å²) in [6.45, 7) is 0.501. The largest absolute Gasteiger partial charge is 0.398 e. The summed E-state index contributed by atoms with van der Waals surface area (Å²) in [7, 11) is 0. The highest BCUT2D eigenvalue weighted by molar-refractivity contribution is 14.1. The van der Waals surface area contributed by atoms with Gasteiger partial charge in [-0.2, -0.15) is 0 Å². The molecule has 2 rings (SSSR count). The molecule has 0 bridgehead atoms. The van der Waals surface area contributed by atoms with Crippen LogP contribution in [0.25, 0.3) is 0 Å². The molecule has 0 saturated carbocycles. The first kappa shape index (κ1) is 14.6. The zero-order chi connectivity index (χ0) is 13.8. The first-order valence-corrected chi connectivity index (χ1v) is 7.79. The van der Waals surface area contributed by atoms with Gasteiger partial charge in [0.1, 0.15) is 0 Å². The topological polar surface area (TPSA) is 55.1 Å². The average Bonchev–Trinajstić information content (AvgIpc) is 2.40. The third-order valence-electron chi connectivity index (χ3n) is 2.63. The van der Waals surface area contributed by atoms with E-state index in [-0.39, 0.29) is 5.91 Å². The van der Waals surface area contributed by atoms with Gasteiger partial charge in [0.25, 0.3) is 5.91 Å². The Bertz CT molecular complexity index is 597. The molecule has 1 amide bonds. The molecule has 98 valence electrons. The van der Waals surface area contributed by atoms with Gasteiger partial charge in [0.15, 0.2) is 0 Å². The number of rotatable bonds is 3. The number of amides is 1. The molecule has 3 N–H and O–H groups in total. The number of hydrogen-bond donors (Lipinski definition) is 2. The lowest BCUT2D eigenvalue weighted by Crippen LogP contribution is -2.23. The highest BCUT2D eigenvalue weighted by Gasteiger charge is 2.09. The van der Waals surface area contributed by atoms with Crippen molar-refractivity contribution in [1.82, 2.24) is 5.32 Å². The second kappa shape index (κ2) is 6.56. The van der Waals surface area contributed by atoms with Gasteiger partial charge in [0.2, 0.25) is 0 Å². The van der Waals surface area contributed by atoms with Crippen LogP contribution in [0.1, 0.15) is 15.9 Å². The molecule has 2 aromatic rings. The van der Waals surface area contributed by atoms with Crippen molar-refractivity contribution < 1.29 is 4.79 Å². The number of benzene rings is 2. The fourth-order valence-electron chi connectivity index (χ4n) is 1.60. The number of anilines is 1. The van der Waals surface area contributed by atoms with Crippen molar-refractivity contribution >= 4 is 56.8 Å². The van der Waals surface area contributed by atoms with E-state index in [1.54, 1.807) is 12.1 Å². The normalized spacial score (nSPS) is 10.2. The third kappa shape index (κ3) is 4.07. The fraction of sp³-hybridized carbons (Fsp3) is 0.0714. The van der Waals surface area contributed by atoms with Gasteiger partial charge in [-0.25, -0.2) is 0 Å². The van der Waals surface area contributed by atoms with E-state index in [0.717, 1.165) is 9.13 Å². The van der Waals surface area contributed by atoms with Crippen LogP contribution in [-0.2, 0) is 6.54 Å². The Labute approximate surface area is 139 Å². The van der Waals surface area contributed by atoms with Crippen LogP contribution >= 0.6 is 45.2 Å². The standard InChI is InChI=1S/C14H12I2N2O/c15-10-3-1-9(2-4-10)8-18-14(19)12-7-11(16)5-6-13(12)17/h1-7H,8,17H2,(H,18,19). The molecule has 0 aromatic heterocycles. The summed E-state index contributed by atoms with van der Waals surface area (Å²) in [4.78, 5) is 12.1. The lowest BCUT2D eigenvalue weighted by Gasteiger charge is -2.08. The number of nitrogens with two attached hydrogens (primary N) is 1. The lowest BCUT2D eigenvalue weighted by atomic mass is 10.1. The van der Waals surface area contributed by atoms with Crippen LogP contribution in [0, 0.1) is 7.14 Å². The highest BCUT2D eigenvalue weighted by Crippen LogP contribution is 2.16. The fourth-order valence-corrected chi connectivity index (χ4v) is 2.46. The third-order valence-corrected chi connectivity index (χ3v) is 4.02. The molecule has 0 heterocycles. The first-order valence-electron chi connectivity index (χ1n) is 5.64. The molecule has 0 aliphatic carbocycles. The van der Waals surface area contributed by atoms with Crippen molar-refractivity contribution in [3.05, 3.63) is 60.7 Å². The molecule has 0 unspecified atom stereocenters. The number of hydrogen-bond acceptors (Lipinski definition) is 2. The monoisotopic (exact) mass is 478 g/mol. The maximum absolute atomic E-state index is 12.1. The van der Waals surface area contributed by atoms with Gasteiger partial charge in [0, 0.05) is 19.4 Å². The zero-order valence-electron chi connectivity index (χ0n) is 9.99. The van der Waals surface area contributed by atoms with Gasteiger partial charge < -0.3 is 11.1 Å². The van der Waals surface area contributed by atoms with Crippen molar-refractivity contribution in [3.63, 3.8) is 0 Å². The molecule has 0 radical (unpaired) electrons. The second-order valence-corrected chi connectivity index (χ2v) is 6.53. The van der Waals surface area contributed by atoms with Gasteiger partial charge in [-0.1, -0.05) is 12.1 Å². The van der Waals surface area contributed by atoms with E-state index in [2.05, 4.69) is 50.5 Å². The number of nitrogen functional groups attached to an aromatic ring is 1. The van der Waals surface area contributed by atoms with Gasteiger partial charge >= 0.3 is 0 Å². The summed E-state index contributed by atoms with van der Waals surface area (Å²) in [5, 5.41) is 2.88. The Hall–Kier alpha value is -0.830. The van der Waals surface area contributed by atoms with E-state index in [9.17, 15) is 4.79 Å². The van der Waals surface area contributed by atoms with E-state index in [1.165, 1.54) is 3.57 Å². The molecule has 0 spiro atoms. The summed E-state index contributed by atoms with van der Waals surface area (Å²) >= 11 is 4.41. The van der Waals surface area contributed by atoms with Crippen molar-refractivity contribution in [1.29, 1.82) is 0 Å². The highest BCUT2D eigenvalue weighted by atomic mass is 127. The van der Waals surface area contributed by atoms with Crippen LogP contribution in [0.2, 0.25) is 0 Å². The minimum absolute atomic E-state index is 0.144. The summed E-state index contributed by atoms with van der Waals surface area (Å²) in [6, 6.07) is 13.5. The quantitative estimate of drug-likeness (QED) is 0.525. The molecular formula is C14H12I2N2O. The van der Waals surface area contributed by atoms with Crippen LogP contribution in [0.15, 0.2) is 42.5 Å². The zero-order valence-corrected chi connectivity index (χ0v) is 14.3. The smallest absolute Gasteiger partial charge is 0.253 e. The Morgan fingerprint density at radius 2 is 1.68 bits per heavy atom. The molecule has 5 heteroatoms.